The quantitative estimate of drug-likeness (QED) is 0.872. The van der Waals surface area contributed by atoms with Gasteiger partial charge in [-0.1, -0.05) is 12.1 Å². The minimum Gasteiger partial charge on any atom is -0.379 e. The van der Waals surface area contributed by atoms with E-state index in [0.717, 1.165) is 43.0 Å². The Morgan fingerprint density at radius 3 is 2.55 bits per heavy atom. The molecule has 1 aliphatic rings. The minimum absolute atomic E-state index is 0.00345. The molecule has 0 bridgehead atoms. The van der Waals surface area contributed by atoms with Gasteiger partial charge >= 0.3 is 0 Å². The van der Waals surface area contributed by atoms with E-state index >= 15 is 0 Å². The monoisotopic (exact) mass is 345 g/mol. The molecule has 0 aromatic carbocycles. The number of aryl methyl sites for hydroxylation is 1. The molecule has 0 amide bonds. The van der Waals surface area contributed by atoms with E-state index in [2.05, 4.69) is 50.3 Å². The summed E-state index contributed by atoms with van der Waals surface area (Å²) in [5.41, 5.74) is 1.08. The van der Waals surface area contributed by atoms with Gasteiger partial charge < -0.3 is 10.1 Å². The fraction of sp³-hybridized carbons (Fsp3) is 0.846. The number of rotatable bonds is 5. The van der Waals surface area contributed by atoms with Crippen molar-refractivity contribution in [2.75, 3.05) is 33.4 Å². The van der Waals surface area contributed by atoms with Crippen LogP contribution in [-0.4, -0.2) is 58.8 Å². The summed E-state index contributed by atoms with van der Waals surface area (Å²) in [6, 6.07) is 0.153. The highest BCUT2D eigenvalue weighted by Crippen LogP contribution is 2.36. The van der Waals surface area contributed by atoms with Crippen LogP contribution >= 0.6 is 15.9 Å². The highest BCUT2D eigenvalue weighted by atomic mass is 79.9. The van der Waals surface area contributed by atoms with Crippen LogP contribution in [0.1, 0.15) is 32.0 Å². The van der Waals surface area contributed by atoms with Gasteiger partial charge in [-0.15, -0.1) is 5.10 Å². The van der Waals surface area contributed by atoms with Crippen molar-refractivity contribution in [2.45, 2.75) is 31.8 Å². The van der Waals surface area contributed by atoms with Crippen LogP contribution in [0.5, 0.6) is 0 Å². The topological polar surface area (TPSA) is 55.2 Å². The average Bonchev–Trinajstić information content (AvgIpc) is 2.81. The summed E-state index contributed by atoms with van der Waals surface area (Å²) in [6.07, 6.45) is 1.04. The Morgan fingerprint density at radius 2 is 2.10 bits per heavy atom. The lowest BCUT2D eigenvalue weighted by atomic mass is 9.85. The fourth-order valence-electron chi connectivity index (χ4n) is 3.07. The first-order chi connectivity index (χ1) is 9.54. The molecule has 2 atom stereocenters. The Morgan fingerprint density at radius 1 is 1.45 bits per heavy atom. The molecule has 2 unspecified atom stereocenters. The summed E-state index contributed by atoms with van der Waals surface area (Å²) in [5, 5.41) is 11.7. The van der Waals surface area contributed by atoms with Crippen molar-refractivity contribution in [3.05, 3.63) is 10.3 Å². The Balaban J connectivity index is 2.36. The maximum Gasteiger partial charge on any atom is 0.153 e. The van der Waals surface area contributed by atoms with Gasteiger partial charge in [-0.2, -0.15) is 0 Å². The lowest BCUT2D eigenvalue weighted by Crippen LogP contribution is -2.57. The van der Waals surface area contributed by atoms with Crippen molar-refractivity contribution < 1.29 is 4.74 Å². The number of hydrogen-bond acceptors (Lipinski definition) is 5. The number of likely N-dealkylation sites (N-methyl/N-ethyl adjacent to an activating group) is 1. The lowest BCUT2D eigenvalue weighted by Gasteiger charge is -2.47. The van der Waals surface area contributed by atoms with Gasteiger partial charge in [0.25, 0.3) is 0 Å². The third-order valence-corrected chi connectivity index (χ3v) is 5.02. The molecule has 1 aliphatic heterocycles. The molecule has 2 rings (SSSR count). The Labute approximate surface area is 129 Å². The molecule has 20 heavy (non-hydrogen) atoms. The largest absolute Gasteiger partial charge is 0.379 e. The third-order valence-electron chi connectivity index (χ3n) is 4.46. The van der Waals surface area contributed by atoms with Crippen LogP contribution in [0.3, 0.4) is 0 Å². The number of hydrogen-bond donors (Lipinski definition) is 1. The molecule has 1 aromatic rings. The van der Waals surface area contributed by atoms with Gasteiger partial charge in [-0.25, -0.2) is 4.68 Å². The number of morpholine rings is 1. The number of halogens is 1. The van der Waals surface area contributed by atoms with E-state index in [1.165, 1.54) is 0 Å². The standard InChI is InChI=1S/C13H24BrN5O/c1-5-13(2,19-6-8-20-9-7-19)11(15-3)10-12(14)16-17-18(10)4/h11,15H,5-9H2,1-4H3. The van der Waals surface area contributed by atoms with E-state index in [0.29, 0.717) is 0 Å². The molecule has 2 heterocycles. The van der Waals surface area contributed by atoms with Crippen LogP contribution in [0.2, 0.25) is 0 Å². The van der Waals surface area contributed by atoms with Crippen molar-refractivity contribution in [1.29, 1.82) is 0 Å². The summed E-state index contributed by atoms with van der Waals surface area (Å²) in [7, 11) is 3.94. The molecule has 7 heteroatoms. The normalized spacial score (nSPS) is 21.6. The SMILES string of the molecule is CCC(C)(C(NC)c1c(Br)nnn1C)N1CCOCC1. The summed E-state index contributed by atoms with van der Waals surface area (Å²) < 4.78 is 8.15. The summed E-state index contributed by atoms with van der Waals surface area (Å²) in [4.78, 5) is 2.51. The predicted molar refractivity (Wildman–Crippen MR) is 81.6 cm³/mol. The number of nitrogens with zero attached hydrogens (tertiary/aromatic N) is 4. The third kappa shape index (κ3) is 2.77. The van der Waals surface area contributed by atoms with E-state index in [4.69, 9.17) is 4.74 Å². The van der Waals surface area contributed by atoms with Gasteiger partial charge in [-0.05, 0) is 36.3 Å². The van der Waals surface area contributed by atoms with Crippen molar-refractivity contribution >= 4 is 15.9 Å². The Hall–Kier alpha value is -0.500. The van der Waals surface area contributed by atoms with Gasteiger partial charge in [0.15, 0.2) is 4.60 Å². The van der Waals surface area contributed by atoms with Gasteiger partial charge in [0, 0.05) is 25.7 Å². The summed E-state index contributed by atoms with van der Waals surface area (Å²) in [6.45, 7) is 8.07. The van der Waals surface area contributed by atoms with E-state index in [9.17, 15) is 0 Å². The van der Waals surface area contributed by atoms with Crippen molar-refractivity contribution in [2.24, 2.45) is 7.05 Å². The first-order valence-corrected chi connectivity index (χ1v) is 7.89. The molecule has 0 saturated carbocycles. The second-order valence-corrected chi connectivity index (χ2v) is 6.17. The molecule has 1 aromatic heterocycles. The second kappa shape index (κ2) is 6.51. The predicted octanol–water partition coefficient (Wildman–Crippen LogP) is 1.34. The maximum absolute atomic E-state index is 5.49. The van der Waals surface area contributed by atoms with Crippen molar-refractivity contribution in [3.8, 4) is 0 Å². The fourth-order valence-corrected chi connectivity index (χ4v) is 3.63. The van der Waals surface area contributed by atoms with E-state index < -0.39 is 0 Å². The van der Waals surface area contributed by atoms with E-state index in [-0.39, 0.29) is 11.6 Å². The molecular weight excluding hydrogens is 322 g/mol. The molecule has 0 radical (unpaired) electrons. The van der Waals surface area contributed by atoms with Gasteiger partial charge in [-0.3, -0.25) is 4.90 Å². The summed E-state index contributed by atoms with van der Waals surface area (Å²) >= 11 is 3.53. The second-order valence-electron chi connectivity index (χ2n) is 5.42. The molecular formula is C13H24BrN5O. The molecule has 114 valence electrons. The van der Waals surface area contributed by atoms with Gasteiger partial charge in [0.1, 0.15) is 0 Å². The van der Waals surface area contributed by atoms with Gasteiger partial charge in [0.05, 0.1) is 24.9 Å². The van der Waals surface area contributed by atoms with Gasteiger partial charge in [0.2, 0.25) is 0 Å². The molecule has 0 aliphatic carbocycles. The zero-order valence-electron chi connectivity index (χ0n) is 12.7. The molecule has 1 N–H and O–H groups in total. The zero-order chi connectivity index (χ0) is 14.8. The van der Waals surface area contributed by atoms with Crippen LogP contribution in [0.25, 0.3) is 0 Å². The molecule has 0 spiro atoms. The maximum atomic E-state index is 5.49. The van der Waals surface area contributed by atoms with E-state index in [1.807, 2.05) is 18.8 Å². The van der Waals surface area contributed by atoms with Crippen LogP contribution in [0, 0.1) is 0 Å². The van der Waals surface area contributed by atoms with E-state index in [1.54, 1.807) is 0 Å². The van der Waals surface area contributed by atoms with Crippen LogP contribution in [0.15, 0.2) is 4.60 Å². The lowest BCUT2D eigenvalue weighted by molar-refractivity contribution is -0.0330. The Bertz CT molecular complexity index is 426. The van der Waals surface area contributed by atoms with Crippen molar-refractivity contribution in [1.82, 2.24) is 25.2 Å². The smallest absolute Gasteiger partial charge is 0.153 e. The van der Waals surface area contributed by atoms with Crippen LogP contribution in [0.4, 0.5) is 0 Å². The first-order valence-electron chi connectivity index (χ1n) is 7.09. The first kappa shape index (κ1) is 15.9. The van der Waals surface area contributed by atoms with Crippen LogP contribution in [-0.2, 0) is 11.8 Å². The van der Waals surface area contributed by atoms with Crippen molar-refractivity contribution in [3.63, 3.8) is 0 Å². The minimum atomic E-state index is -0.00345. The summed E-state index contributed by atoms with van der Waals surface area (Å²) in [5.74, 6) is 0. The highest BCUT2D eigenvalue weighted by molar-refractivity contribution is 9.10. The molecule has 6 nitrogen and oxygen atoms in total. The number of nitrogens with one attached hydrogen (secondary N) is 1. The van der Waals surface area contributed by atoms with Crippen LogP contribution < -0.4 is 5.32 Å². The average molecular weight is 346 g/mol. The number of ether oxygens (including phenoxy) is 1. The zero-order valence-corrected chi connectivity index (χ0v) is 14.3. The Kier molecular flexibility index (Phi) is 5.17. The number of aromatic nitrogens is 3. The highest BCUT2D eigenvalue weighted by Gasteiger charge is 2.41. The molecule has 1 saturated heterocycles. The molecule has 1 fully saturated rings.